The molecule has 0 spiro atoms. The summed E-state index contributed by atoms with van der Waals surface area (Å²) in [6, 6.07) is 0. The first-order chi connectivity index (χ1) is 9.17. The molecule has 0 N–H and O–H groups in total. The fraction of sp³-hybridized carbons (Fsp3) is 0.643. The Morgan fingerprint density at radius 3 is 2.65 bits per heavy atom. The molecule has 0 radical (unpaired) electrons. The van der Waals surface area contributed by atoms with Gasteiger partial charge < -0.3 is 9.64 Å². The molecule has 1 saturated heterocycles. The van der Waals surface area contributed by atoms with Crippen LogP contribution in [-0.4, -0.2) is 39.7 Å². The fourth-order valence-electron chi connectivity index (χ4n) is 2.34. The minimum Gasteiger partial charge on any atom is -0.444 e. The van der Waals surface area contributed by atoms with Gasteiger partial charge in [0.1, 0.15) is 10.2 Å². The van der Waals surface area contributed by atoms with Gasteiger partial charge in [-0.1, -0.05) is 6.92 Å². The average Bonchev–Trinajstić information content (AvgIpc) is 2.23. The topological polar surface area (TPSA) is 55.3 Å². The highest BCUT2D eigenvalue weighted by Crippen LogP contribution is 2.34. The van der Waals surface area contributed by atoms with Gasteiger partial charge in [0, 0.05) is 31.1 Å². The van der Waals surface area contributed by atoms with Crippen molar-refractivity contribution in [2.24, 2.45) is 5.41 Å². The molecule has 0 aromatic carbocycles. The maximum absolute atomic E-state index is 11.9. The molecule has 1 fully saturated rings. The van der Waals surface area contributed by atoms with Gasteiger partial charge in [0.2, 0.25) is 0 Å². The van der Waals surface area contributed by atoms with Crippen molar-refractivity contribution >= 4 is 22.0 Å². The lowest BCUT2D eigenvalue weighted by molar-refractivity contribution is -0.0279. The number of hydrogen-bond acceptors (Lipinski definition) is 4. The third-order valence-electron chi connectivity index (χ3n) is 3.06. The van der Waals surface area contributed by atoms with Crippen molar-refractivity contribution in [3.63, 3.8) is 0 Å². The van der Waals surface area contributed by atoms with Crippen molar-refractivity contribution in [1.29, 1.82) is 0 Å². The zero-order valence-electron chi connectivity index (χ0n) is 12.3. The summed E-state index contributed by atoms with van der Waals surface area (Å²) in [4.78, 5) is 22.1. The minimum atomic E-state index is -0.446. The Balaban J connectivity index is 1.89. The molecule has 0 atom stereocenters. The molecule has 1 aliphatic rings. The van der Waals surface area contributed by atoms with Gasteiger partial charge in [-0.05, 0) is 36.7 Å². The van der Waals surface area contributed by atoms with Gasteiger partial charge in [0.05, 0.1) is 11.9 Å². The highest BCUT2D eigenvalue weighted by Gasteiger charge is 2.43. The summed E-state index contributed by atoms with van der Waals surface area (Å²) in [6.07, 6.45) is 4.00. The quantitative estimate of drug-likeness (QED) is 0.829. The van der Waals surface area contributed by atoms with Crippen LogP contribution in [0.3, 0.4) is 0 Å². The molecular weight excluding hydrogens is 322 g/mol. The fourth-order valence-corrected chi connectivity index (χ4v) is 2.69. The van der Waals surface area contributed by atoms with Gasteiger partial charge in [0.25, 0.3) is 0 Å². The Hall–Kier alpha value is -1.17. The second-order valence-corrected chi connectivity index (χ2v) is 7.47. The van der Waals surface area contributed by atoms with Crippen molar-refractivity contribution in [2.75, 3.05) is 13.1 Å². The highest BCUT2D eigenvalue weighted by molar-refractivity contribution is 9.10. The number of aromatic nitrogens is 2. The van der Waals surface area contributed by atoms with E-state index in [1.807, 2.05) is 20.8 Å². The monoisotopic (exact) mass is 341 g/mol. The first kappa shape index (κ1) is 15.2. The third-order valence-corrected chi connectivity index (χ3v) is 3.44. The summed E-state index contributed by atoms with van der Waals surface area (Å²) in [5, 5.41) is 0. The number of hydrogen-bond donors (Lipinski definition) is 0. The number of nitrogens with zero attached hydrogens (tertiary/aromatic N) is 3. The summed E-state index contributed by atoms with van der Waals surface area (Å²) in [7, 11) is 0. The van der Waals surface area contributed by atoms with Crippen LogP contribution in [0.1, 0.15) is 33.4 Å². The molecule has 0 unspecified atom stereocenters. The van der Waals surface area contributed by atoms with E-state index in [9.17, 15) is 4.79 Å². The summed E-state index contributed by atoms with van der Waals surface area (Å²) in [6.45, 7) is 9.16. The first-order valence-electron chi connectivity index (χ1n) is 6.61. The molecule has 0 saturated carbocycles. The SMILES string of the molecule is CC1(Cc2cncc(Br)n2)CN(C(=O)OC(C)(C)C)C1. The third kappa shape index (κ3) is 3.91. The number of rotatable bonds is 2. The van der Waals surface area contributed by atoms with E-state index in [1.165, 1.54) is 0 Å². The Labute approximate surface area is 127 Å². The van der Waals surface area contributed by atoms with E-state index in [1.54, 1.807) is 17.3 Å². The zero-order chi connectivity index (χ0) is 15.0. The van der Waals surface area contributed by atoms with Crippen molar-refractivity contribution in [3.8, 4) is 0 Å². The van der Waals surface area contributed by atoms with E-state index in [0.717, 1.165) is 16.7 Å². The van der Waals surface area contributed by atoms with Crippen LogP contribution in [0.25, 0.3) is 0 Å². The second kappa shape index (κ2) is 5.31. The number of carbonyl (C=O) groups excluding carboxylic acids is 1. The van der Waals surface area contributed by atoms with Gasteiger partial charge in [-0.2, -0.15) is 0 Å². The molecule has 110 valence electrons. The van der Waals surface area contributed by atoms with E-state index in [0.29, 0.717) is 13.1 Å². The smallest absolute Gasteiger partial charge is 0.410 e. The average molecular weight is 342 g/mol. The minimum absolute atomic E-state index is 0.0480. The normalized spacial score (nSPS) is 17.6. The summed E-state index contributed by atoms with van der Waals surface area (Å²) in [5.41, 5.74) is 0.538. The van der Waals surface area contributed by atoms with Crippen LogP contribution in [0.2, 0.25) is 0 Å². The molecule has 1 aromatic rings. The molecule has 1 aromatic heterocycles. The van der Waals surface area contributed by atoms with Crippen molar-refractivity contribution in [1.82, 2.24) is 14.9 Å². The lowest BCUT2D eigenvalue weighted by Gasteiger charge is -2.47. The van der Waals surface area contributed by atoms with Crippen LogP contribution < -0.4 is 0 Å². The lowest BCUT2D eigenvalue weighted by Crippen LogP contribution is -2.58. The predicted octanol–water partition coefficient (Wildman–Crippen LogP) is 3.04. The molecule has 2 rings (SSSR count). The van der Waals surface area contributed by atoms with E-state index < -0.39 is 5.60 Å². The van der Waals surface area contributed by atoms with Crippen molar-refractivity contribution in [3.05, 3.63) is 22.7 Å². The van der Waals surface area contributed by atoms with Crippen LogP contribution in [-0.2, 0) is 11.2 Å². The van der Waals surface area contributed by atoms with Gasteiger partial charge in [-0.25, -0.2) is 9.78 Å². The predicted molar refractivity (Wildman–Crippen MR) is 79.4 cm³/mol. The molecule has 5 nitrogen and oxygen atoms in total. The Morgan fingerprint density at radius 1 is 1.45 bits per heavy atom. The molecule has 2 heterocycles. The summed E-state index contributed by atoms with van der Waals surface area (Å²) < 4.78 is 6.09. The van der Waals surface area contributed by atoms with Crippen LogP contribution >= 0.6 is 15.9 Å². The molecule has 6 heteroatoms. The summed E-state index contributed by atoms with van der Waals surface area (Å²) >= 11 is 3.32. The second-order valence-electron chi connectivity index (χ2n) is 6.66. The Morgan fingerprint density at radius 2 is 2.10 bits per heavy atom. The lowest BCUT2D eigenvalue weighted by atomic mass is 9.78. The zero-order valence-corrected chi connectivity index (χ0v) is 13.9. The highest BCUT2D eigenvalue weighted by atomic mass is 79.9. The van der Waals surface area contributed by atoms with E-state index in [-0.39, 0.29) is 11.5 Å². The molecule has 0 bridgehead atoms. The van der Waals surface area contributed by atoms with Gasteiger partial charge in [-0.15, -0.1) is 0 Å². The Kier molecular flexibility index (Phi) is 4.04. The molecule has 1 amide bonds. The molecular formula is C14H20BrN3O2. The number of amides is 1. The maximum atomic E-state index is 11.9. The molecule has 0 aliphatic carbocycles. The largest absolute Gasteiger partial charge is 0.444 e. The Bertz CT molecular complexity index is 507. The summed E-state index contributed by atoms with van der Waals surface area (Å²) in [5.74, 6) is 0. The van der Waals surface area contributed by atoms with E-state index >= 15 is 0 Å². The van der Waals surface area contributed by atoms with Gasteiger partial charge in [0.15, 0.2) is 0 Å². The van der Waals surface area contributed by atoms with Crippen LogP contribution in [0, 0.1) is 5.41 Å². The molecule has 1 aliphatic heterocycles. The number of carbonyl (C=O) groups is 1. The van der Waals surface area contributed by atoms with Crippen molar-refractivity contribution in [2.45, 2.75) is 39.7 Å². The number of halogens is 1. The standard InChI is InChI=1S/C14H20BrN3O2/c1-13(2,3)20-12(19)18-8-14(4,9-18)5-10-6-16-7-11(15)17-10/h6-7H,5,8-9H2,1-4H3. The molecule has 20 heavy (non-hydrogen) atoms. The van der Waals surface area contributed by atoms with E-state index in [4.69, 9.17) is 4.74 Å². The van der Waals surface area contributed by atoms with E-state index in [2.05, 4.69) is 32.8 Å². The van der Waals surface area contributed by atoms with Crippen LogP contribution in [0.4, 0.5) is 4.79 Å². The number of ether oxygens (including phenoxy) is 1. The van der Waals surface area contributed by atoms with Gasteiger partial charge >= 0.3 is 6.09 Å². The van der Waals surface area contributed by atoms with Crippen LogP contribution in [0.5, 0.6) is 0 Å². The first-order valence-corrected chi connectivity index (χ1v) is 7.41. The van der Waals surface area contributed by atoms with Gasteiger partial charge in [-0.3, -0.25) is 4.98 Å². The number of likely N-dealkylation sites (tertiary alicyclic amines) is 1. The maximum Gasteiger partial charge on any atom is 0.410 e. The van der Waals surface area contributed by atoms with Crippen LogP contribution in [0.15, 0.2) is 17.0 Å². The van der Waals surface area contributed by atoms with Crippen molar-refractivity contribution < 1.29 is 9.53 Å².